The molecule has 0 aliphatic carbocycles. The summed E-state index contributed by atoms with van der Waals surface area (Å²) < 4.78 is 28.7. The van der Waals surface area contributed by atoms with Gasteiger partial charge in [0, 0.05) is 25.2 Å². The van der Waals surface area contributed by atoms with E-state index in [2.05, 4.69) is 5.10 Å². The van der Waals surface area contributed by atoms with Gasteiger partial charge in [0.25, 0.3) is 5.91 Å². The Bertz CT molecular complexity index is 938. The summed E-state index contributed by atoms with van der Waals surface area (Å²) in [5.41, 5.74) is 2.69. The average molecular weight is 369 g/mol. The normalized spacial score (nSPS) is 10.8. The molecule has 0 spiro atoms. The van der Waals surface area contributed by atoms with Crippen LogP contribution < -0.4 is 0 Å². The Balaban J connectivity index is 1.79. The Hall–Kier alpha value is -3.02. The Morgan fingerprint density at radius 1 is 1.15 bits per heavy atom. The molecule has 0 fully saturated rings. The molecule has 3 aromatic rings. The molecule has 0 unspecified atom stereocenters. The summed E-state index contributed by atoms with van der Waals surface area (Å²) in [5.74, 6) is -1.54. The van der Waals surface area contributed by atoms with E-state index in [0.29, 0.717) is 18.5 Å². The zero-order valence-electron chi connectivity index (χ0n) is 15.3. The van der Waals surface area contributed by atoms with Crippen LogP contribution in [0.1, 0.15) is 34.1 Å². The Labute approximate surface area is 157 Å². The van der Waals surface area contributed by atoms with Crippen LogP contribution in [0.4, 0.5) is 8.78 Å². The number of hydrogen-bond acceptors (Lipinski definition) is 2. The second-order valence-corrected chi connectivity index (χ2v) is 6.40. The zero-order chi connectivity index (χ0) is 19.4. The minimum atomic E-state index is -0.662. The smallest absolute Gasteiger partial charge is 0.257 e. The third kappa shape index (κ3) is 4.22. The summed E-state index contributed by atoms with van der Waals surface area (Å²) in [6.07, 6.45) is 2.20. The van der Waals surface area contributed by atoms with Gasteiger partial charge in [0.1, 0.15) is 11.6 Å². The van der Waals surface area contributed by atoms with Gasteiger partial charge in [-0.15, -0.1) is 0 Å². The van der Waals surface area contributed by atoms with E-state index in [9.17, 15) is 13.6 Å². The lowest BCUT2D eigenvalue weighted by Crippen LogP contribution is -2.27. The lowest BCUT2D eigenvalue weighted by atomic mass is 10.1. The SMILES string of the molecule is CCc1c(C(=O)N(C)Cc2ccc(F)cc2F)cnn1Cc1ccccc1. The number of benzene rings is 2. The molecule has 27 heavy (non-hydrogen) atoms. The van der Waals surface area contributed by atoms with Gasteiger partial charge >= 0.3 is 0 Å². The maximum absolute atomic E-state index is 13.9. The predicted octanol–water partition coefficient (Wildman–Crippen LogP) is 4.04. The van der Waals surface area contributed by atoms with Crippen LogP contribution in [0.15, 0.2) is 54.7 Å². The number of carbonyl (C=O) groups excluding carboxylic acids is 1. The van der Waals surface area contributed by atoms with Crippen LogP contribution in [-0.4, -0.2) is 27.6 Å². The van der Waals surface area contributed by atoms with Crippen molar-refractivity contribution in [3.63, 3.8) is 0 Å². The molecule has 1 heterocycles. The van der Waals surface area contributed by atoms with Gasteiger partial charge in [-0.3, -0.25) is 9.48 Å². The van der Waals surface area contributed by atoms with Gasteiger partial charge in [0.2, 0.25) is 0 Å². The van der Waals surface area contributed by atoms with Crippen LogP contribution in [0.25, 0.3) is 0 Å². The van der Waals surface area contributed by atoms with Crippen molar-refractivity contribution in [1.82, 2.24) is 14.7 Å². The molecule has 0 aliphatic rings. The first-order valence-electron chi connectivity index (χ1n) is 8.77. The van der Waals surface area contributed by atoms with E-state index >= 15 is 0 Å². The van der Waals surface area contributed by atoms with Gasteiger partial charge in [-0.25, -0.2) is 8.78 Å². The Kier molecular flexibility index (Phi) is 5.64. The fourth-order valence-electron chi connectivity index (χ4n) is 3.04. The maximum atomic E-state index is 13.9. The van der Waals surface area contributed by atoms with Crippen LogP contribution in [0.2, 0.25) is 0 Å². The topological polar surface area (TPSA) is 38.1 Å². The van der Waals surface area contributed by atoms with Gasteiger partial charge in [-0.1, -0.05) is 43.3 Å². The highest BCUT2D eigenvalue weighted by Gasteiger charge is 2.20. The molecule has 6 heteroatoms. The Morgan fingerprint density at radius 2 is 1.89 bits per heavy atom. The van der Waals surface area contributed by atoms with Gasteiger partial charge in [0.05, 0.1) is 24.0 Å². The first-order chi connectivity index (χ1) is 13.0. The van der Waals surface area contributed by atoms with Crippen molar-refractivity contribution in [3.8, 4) is 0 Å². The molecule has 0 bridgehead atoms. The fraction of sp³-hybridized carbons (Fsp3) is 0.238. The number of aromatic nitrogens is 2. The van der Waals surface area contributed by atoms with Crippen molar-refractivity contribution in [2.75, 3.05) is 7.05 Å². The average Bonchev–Trinajstić information content (AvgIpc) is 3.06. The van der Waals surface area contributed by atoms with Crippen molar-refractivity contribution >= 4 is 5.91 Å². The minimum Gasteiger partial charge on any atom is -0.337 e. The molecule has 0 aliphatic heterocycles. The molecule has 1 aromatic heterocycles. The molecule has 3 rings (SSSR count). The molecule has 0 radical (unpaired) electrons. The van der Waals surface area contributed by atoms with Crippen LogP contribution >= 0.6 is 0 Å². The van der Waals surface area contributed by atoms with Gasteiger partial charge in [0.15, 0.2) is 0 Å². The summed E-state index contributed by atoms with van der Waals surface area (Å²) >= 11 is 0. The number of halogens is 2. The van der Waals surface area contributed by atoms with E-state index < -0.39 is 11.6 Å². The largest absolute Gasteiger partial charge is 0.337 e. The van der Waals surface area contributed by atoms with E-state index in [1.807, 2.05) is 41.9 Å². The van der Waals surface area contributed by atoms with E-state index in [-0.39, 0.29) is 18.0 Å². The highest BCUT2D eigenvalue weighted by Crippen LogP contribution is 2.17. The quantitative estimate of drug-likeness (QED) is 0.658. The van der Waals surface area contributed by atoms with E-state index in [0.717, 1.165) is 17.3 Å². The molecule has 0 saturated heterocycles. The number of hydrogen-bond donors (Lipinski definition) is 0. The monoisotopic (exact) mass is 369 g/mol. The molecule has 0 saturated carbocycles. The summed E-state index contributed by atoms with van der Waals surface area (Å²) in [5, 5.41) is 4.37. The lowest BCUT2D eigenvalue weighted by Gasteiger charge is -2.18. The number of carbonyl (C=O) groups is 1. The second kappa shape index (κ2) is 8.12. The van der Waals surface area contributed by atoms with Crippen molar-refractivity contribution in [2.45, 2.75) is 26.4 Å². The van der Waals surface area contributed by atoms with Crippen molar-refractivity contribution in [3.05, 3.63) is 88.7 Å². The summed E-state index contributed by atoms with van der Waals surface area (Å²) in [4.78, 5) is 14.3. The molecule has 1 amide bonds. The molecule has 0 N–H and O–H groups in total. The number of amides is 1. The van der Waals surface area contributed by atoms with Crippen LogP contribution in [-0.2, 0) is 19.5 Å². The standard InChI is InChI=1S/C21H21F2N3O/c1-3-20-18(12-24-26(20)13-15-7-5-4-6-8-15)21(27)25(2)14-16-9-10-17(22)11-19(16)23/h4-12H,3,13-14H2,1-2H3. The summed E-state index contributed by atoms with van der Waals surface area (Å²) in [6.45, 7) is 2.60. The lowest BCUT2D eigenvalue weighted by molar-refractivity contribution is 0.0782. The van der Waals surface area contributed by atoms with E-state index in [1.165, 1.54) is 17.0 Å². The van der Waals surface area contributed by atoms with Gasteiger partial charge in [-0.05, 0) is 18.1 Å². The van der Waals surface area contributed by atoms with Crippen LogP contribution in [0, 0.1) is 11.6 Å². The zero-order valence-corrected chi connectivity index (χ0v) is 15.3. The van der Waals surface area contributed by atoms with Crippen molar-refractivity contribution in [2.24, 2.45) is 0 Å². The third-order valence-corrected chi connectivity index (χ3v) is 4.46. The summed E-state index contributed by atoms with van der Waals surface area (Å²) in [6, 6.07) is 13.2. The number of rotatable bonds is 6. The van der Waals surface area contributed by atoms with Gasteiger partial charge < -0.3 is 4.90 Å². The molecule has 2 aromatic carbocycles. The first-order valence-corrected chi connectivity index (χ1v) is 8.77. The molecule has 4 nitrogen and oxygen atoms in total. The number of nitrogens with zero attached hydrogens (tertiary/aromatic N) is 3. The van der Waals surface area contributed by atoms with Crippen molar-refractivity contribution in [1.29, 1.82) is 0 Å². The first kappa shape index (κ1) is 18.8. The Morgan fingerprint density at radius 3 is 2.56 bits per heavy atom. The van der Waals surface area contributed by atoms with E-state index in [4.69, 9.17) is 0 Å². The van der Waals surface area contributed by atoms with Crippen LogP contribution in [0.3, 0.4) is 0 Å². The highest BCUT2D eigenvalue weighted by atomic mass is 19.1. The highest BCUT2D eigenvalue weighted by molar-refractivity contribution is 5.95. The van der Waals surface area contributed by atoms with E-state index in [1.54, 1.807) is 13.2 Å². The maximum Gasteiger partial charge on any atom is 0.257 e. The molecular formula is C21H21F2N3O. The fourth-order valence-corrected chi connectivity index (χ4v) is 3.04. The molecule has 140 valence electrons. The predicted molar refractivity (Wildman–Crippen MR) is 99.3 cm³/mol. The van der Waals surface area contributed by atoms with Gasteiger partial charge in [-0.2, -0.15) is 5.10 Å². The van der Waals surface area contributed by atoms with Crippen LogP contribution in [0.5, 0.6) is 0 Å². The van der Waals surface area contributed by atoms with Crippen molar-refractivity contribution < 1.29 is 13.6 Å². The third-order valence-electron chi connectivity index (χ3n) is 4.46. The minimum absolute atomic E-state index is 0.0535. The summed E-state index contributed by atoms with van der Waals surface area (Å²) in [7, 11) is 1.60. The second-order valence-electron chi connectivity index (χ2n) is 6.40. The molecule has 0 atom stereocenters. The molecular weight excluding hydrogens is 348 g/mol.